The number of rotatable bonds is 4. The van der Waals surface area contributed by atoms with E-state index < -0.39 is 12.1 Å². The van der Waals surface area contributed by atoms with Crippen LogP contribution in [0.5, 0.6) is 0 Å². The van der Waals surface area contributed by atoms with Crippen LogP contribution in [0.2, 0.25) is 0 Å². The van der Waals surface area contributed by atoms with E-state index in [1.54, 1.807) is 29.8 Å². The first-order valence-corrected chi connectivity index (χ1v) is 7.64. The number of aliphatic hydroxyl groups excluding tert-OH is 1. The zero-order chi connectivity index (χ0) is 17.1. The van der Waals surface area contributed by atoms with E-state index in [0.29, 0.717) is 16.9 Å². The summed E-state index contributed by atoms with van der Waals surface area (Å²) in [6.45, 7) is 3.70. The minimum atomic E-state index is -0.859. The summed E-state index contributed by atoms with van der Waals surface area (Å²) in [7, 11) is 0. The molecule has 0 spiro atoms. The average Bonchev–Trinajstić information content (AvgIpc) is 3.01. The topological polar surface area (TPSA) is 91.5 Å². The third kappa shape index (κ3) is 3.52. The minimum Gasteiger partial charge on any atom is -0.386 e. The Morgan fingerprint density at radius 1 is 1.29 bits per heavy atom. The molecule has 3 N–H and O–H groups in total. The molecule has 124 valence electrons. The fourth-order valence-electron chi connectivity index (χ4n) is 2.47. The second-order valence-electron chi connectivity index (χ2n) is 5.73. The zero-order valence-electron chi connectivity index (χ0n) is 13.5. The van der Waals surface area contributed by atoms with Gasteiger partial charge in [-0.1, -0.05) is 18.2 Å². The Morgan fingerprint density at radius 3 is 2.92 bits per heavy atom. The summed E-state index contributed by atoms with van der Waals surface area (Å²) in [4.78, 5) is 16.1. The van der Waals surface area contributed by atoms with Crippen molar-refractivity contribution in [2.75, 3.05) is 5.32 Å². The van der Waals surface area contributed by atoms with Crippen molar-refractivity contribution in [3.8, 4) is 0 Å². The highest BCUT2D eigenvalue weighted by Crippen LogP contribution is 2.17. The molecular formula is C17H19N5O2. The van der Waals surface area contributed by atoms with Gasteiger partial charge in [0.1, 0.15) is 12.4 Å². The van der Waals surface area contributed by atoms with Crippen LogP contribution in [0.4, 0.5) is 10.5 Å². The van der Waals surface area contributed by atoms with E-state index >= 15 is 0 Å². The highest BCUT2D eigenvalue weighted by atomic mass is 16.3. The highest BCUT2D eigenvalue weighted by molar-refractivity contribution is 5.89. The first-order valence-electron chi connectivity index (χ1n) is 7.64. The van der Waals surface area contributed by atoms with Crippen molar-refractivity contribution >= 4 is 17.4 Å². The summed E-state index contributed by atoms with van der Waals surface area (Å²) in [6.07, 6.45) is 2.29. The molecule has 0 radical (unpaired) electrons. The van der Waals surface area contributed by atoms with Gasteiger partial charge in [-0.25, -0.2) is 14.3 Å². The molecular weight excluding hydrogens is 306 g/mol. The van der Waals surface area contributed by atoms with Gasteiger partial charge >= 0.3 is 6.03 Å². The molecule has 0 saturated carbocycles. The molecule has 0 bridgehead atoms. The van der Waals surface area contributed by atoms with Crippen molar-refractivity contribution in [3.05, 3.63) is 60.0 Å². The maximum absolute atomic E-state index is 12.1. The number of pyridine rings is 1. The third-order valence-corrected chi connectivity index (χ3v) is 3.75. The van der Waals surface area contributed by atoms with Gasteiger partial charge in [-0.3, -0.25) is 0 Å². The molecule has 0 saturated heterocycles. The number of fused-ring (bicyclic) bond motifs is 1. The van der Waals surface area contributed by atoms with Gasteiger partial charge in [0, 0.05) is 17.4 Å². The van der Waals surface area contributed by atoms with E-state index in [0.717, 1.165) is 5.56 Å². The fraction of sp³-hybridized carbons (Fsp3) is 0.235. The van der Waals surface area contributed by atoms with E-state index in [9.17, 15) is 9.90 Å². The molecule has 2 heterocycles. The number of aryl methyl sites for hydroxylation is 1. The van der Waals surface area contributed by atoms with E-state index in [-0.39, 0.29) is 6.03 Å². The van der Waals surface area contributed by atoms with Crippen LogP contribution in [0.1, 0.15) is 24.2 Å². The average molecular weight is 325 g/mol. The highest BCUT2D eigenvalue weighted by Gasteiger charge is 2.19. The molecule has 0 aliphatic heterocycles. The van der Waals surface area contributed by atoms with Gasteiger partial charge in [-0.05, 0) is 37.6 Å². The molecule has 0 unspecified atom stereocenters. The summed E-state index contributed by atoms with van der Waals surface area (Å²) >= 11 is 0. The van der Waals surface area contributed by atoms with Crippen molar-refractivity contribution in [1.82, 2.24) is 19.9 Å². The zero-order valence-corrected chi connectivity index (χ0v) is 13.5. The Labute approximate surface area is 139 Å². The lowest BCUT2D eigenvalue weighted by Gasteiger charge is -2.21. The number of carbonyl (C=O) groups excluding carboxylic acids is 1. The first-order chi connectivity index (χ1) is 11.5. The fourth-order valence-corrected chi connectivity index (χ4v) is 2.47. The largest absolute Gasteiger partial charge is 0.386 e. The SMILES string of the molecule is Cc1cccc(NC(=O)N[C@H](C)[C@H](O)c2ccc3ncnn3c2)c1. The number of amides is 2. The van der Waals surface area contributed by atoms with E-state index in [1.807, 2.05) is 31.2 Å². The Morgan fingerprint density at radius 2 is 2.12 bits per heavy atom. The number of benzene rings is 1. The molecule has 2 atom stereocenters. The molecule has 0 aliphatic rings. The molecule has 3 aromatic rings. The summed E-state index contributed by atoms with van der Waals surface area (Å²) in [5, 5.41) is 20.0. The van der Waals surface area contributed by atoms with Crippen LogP contribution in [0, 0.1) is 6.92 Å². The molecule has 7 heteroatoms. The number of nitrogens with one attached hydrogen (secondary N) is 2. The normalized spacial score (nSPS) is 13.5. The predicted octanol–water partition coefficient (Wildman–Crippen LogP) is 2.28. The molecule has 0 fully saturated rings. The molecule has 0 aliphatic carbocycles. The number of anilines is 1. The van der Waals surface area contributed by atoms with E-state index in [1.165, 1.54) is 6.33 Å². The van der Waals surface area contributed by atoms with Crippen LogP contribution < -0.4 is 10.6 Å². The van der Waals surface area contributed by atoms with Crippen LogP contribution in [-0.4, -0.2) is 31.8 Å². The second-order valence-corrected chi connectivity index (χ2v) is 5.73. The third-order valence-electron chi connectivity index (χ3n) is 3.75. The van der Waals surface area contributed by atoms with Gasteiger partial charge < -0.3 is 15.7 Å². The number of aliphatic hydroxyl groups is 1. The van der Waals surface area contributed by atoms with Crippen molar-refractivity contribution < 1.29 is 9.90 Å². The minimum absolute atomic E-state index is 0.367. The van der Waals surface area contributed by atoms with E-state index in [4.69, 9.17) is 0 Å². The van der Waals surface area contributed by atoms with Gasteiger partial charge in [-0.2, -0.15) is 5.10 Å². The number of hydrogen-bond acceptors (Lipinski definition) is 4. The number of aromatic nitrogens is 3. The molecule has 7 nitrogen and oxygen atoms in total. The van der Waals surface area contributed by atoms with Crippen molar-refractivity contribution in [2.24, 2.45) is 0 Å². The van der Waals surface area contributed by atoms with Crippen LogP contribution in [0.15, 0.2) is 48.9 Å². The molecule has 24 heavy (non-hydrogen) atoms. The maximum Gasteiger partial charge on any atom is 0.319 e. The summed E-state index contributed by atoms with van der Waals surface area (Å²) in [6, 6.07) is 10.2. The Hall–Kier alpha value is -2.93. The molecule has 2 amide bonds. The van der Waals surface area contributed by atoms with Crippen molar-refractivity contribution in [1.29, 1.82) is 0 Å². The first kappa shape index (κ1) is 15.9. The molecule has 3 rings (SSSR count). The van der Waals surface area contributed by atoms with Gasteiger partial charge in [0.25, 0.3) is 0 Å². The maximum atomic E-state index is 12.1. The second kappa shape index (κ2) is 6.67. The van der Waals surface area contributed by atoms with Gasteiger partial charge in [0.15, 0.2) is 5.65 Å². The lowest BCUT2D eigenvalue weighted by Crippen LogP contribution is -2.39. The van der Waals surface area contributed by atoms with Crippen LogP contribution in [0.3, 0.4) is 0 Å². The molecule has 2 aromatic heterocycles. The predicted molar refractivity (Wildman–Crippen MR) is 90.7 cm³/mol. The van der Waals surface area contributed by atoms with Crippen LogP contribution >= 0.6 is 0 Å². The number of carbonyl (C=O) groups is 1. The molecule has 1 aromatic carbocycles. The van der Waals surface area contributed by atoms with Crippen LogP contribution in [0.25, 0.3) is 5.65 Å². The quantitative estimate of drug-likeness (QED) is 0.686. The lowest BCUT2D eigenvalue weighted by molar-refractivity contribution is 0.138. The van der Waals surface area contributed by atoms with Crippen LogP contribution in [-0.2, 0) is 0 Å². The standard InChI is InChI=1S/C17H19N5O2/c1-11-4-3-5-14(8-11)21-17(24)20-12(2)16(23)13-6-7-15-18-10-19-22(15)9-13/h3-10,12,16,23H,1-2H3,(H2,20,21,24)/t12-,16+/m1/s1. The number of hydrogen-bond donors (Lipinski definition) is 3. The number of urea groups is 1. The van der Waals surface area contributed by atoms with Gasteiger partial charge in [-0.15, -0.1) is 0 Å². The summed E-state index contributed by atoms with van der Waals surface area (Å²) in [5.74, 6) is 0. The summed E-state index contributed by atoms with van der Waals surface area (Å²) in [5.41, 5.74) is 3.11. The summed E-state index contributed by atoms with van der Waals surface area (Å²) < 4.78 is 1.58. The van der Waals surface area contributed by atoms with Gasteiger partial charge in [0.2, 0.25) is 0 Å². The lowest BCUT2D eigenvalue weighted by atomic mass is 10.1. The smallest absolute Gasteiger partial charge is 0.319 e. The van der Waals surface area contributed by atoms with Gasteiger partial charge in [0.05, 0.1) is 6.04 Å². The Kier molecular flexibility index (Phi) is 4.43. The van der Waals surface area contributed by atoms with E-state index in [2.05, 4.69) is 20.7 Å². The Bertz CT molecular complexity index is 861. The van der Waals surface area contributed by atoms with Crippen molar-refractivity contribution in [2.45, 2.75) is 26.0 Å². The monoisotopic (exact) mass is 325 g/mol. The number of nitrogens with zero attached hydrogens (tertiary/aromatic N) is 3. The van der Waals surface area contributed by atoms with Crippen molar-refractivity contribution in [3.63, 3.8) is 0 Å². The Balaban J connectivity index is 1.64.